The zero-order valence-corrected chi connectivity index (χ0v) is 23.2. The number of pyridine rings is 1. The van der Waals surface area contributed by atoms with Crippen LogP contribution >= 0.6 is 0 Å². The highest BCUT2D eigenvalue weighted by Gasteiger charge is 2.27. The first-order valence-electron chi connectivity index (χ1n) is 13.2. The Kier molecular flexibility index (Phi) is 8.81. The van der Waals surface area contributed by atoms with Crippen molar-refractivity contribution in [2.24, 2.45) is 0 Å². The first-order chi connectivity index (χ1) is 19.6. The number of aromatic hydroxyl groups is 1. The van der Waals surface area contributed by atoms with Crippen molar-refractivity contribution in [1.29, 1.82) is 0 Å². The lowest BCUT2D eigenvalue weighted by atomic mass is 9.92. The Labute approximate surface area is 237 Å². The van der Waals surface area contributed by atoms with Crippen molar-refractivity contribution in [1.82, 2.24) is 9.88 Å². The number of methoxy groups -OCH3 is 1. The zero-order valence-electron chi connectivity index (χ0n) is 23.2. The maximum absolute atomic E-state index is 14.0. The minimum atomic E-state index is -0.888. The molecule has 10 heteroatoms. The van der Waals surface area contributed by atoms with Gasteiger partial charge in [-0.1, -0.05) is 25.1 Å². The van der Waals surface area contributed by atoms with E-state index < -0.39 is 12.0 Å². The summed E-state index contributed by atoms with van der Waals surface area (Å²) in [6.07, 6.45) is 2.04. The van der Waals surface area contributed by atoms with E-state index >= 15 is 0 Å². The Morgan fingerprint density at radius 1 is 1.10 bits per heavy atom. The number of nitrogen functional groups attached to an aromatic ring is 1. The van der Waals surface area contributed by atoms with Crippen LogP contribution < -0.4 is 21.3 Å². The maximum Gasteiger partial charge on any atom is 0.303 e. The van der Waals surface area contributed by atoms with Crippen LogP contribution in [0.1, 0.15) is 48.4 Å². The van der Waals surface area contributed by atoms with Gasteiger partial charge in [0, 0.05) is 48.5 Å². The van der Waals surface area contributed by atoms with Crippen molar-refractivity contribution in [2.45, 2.75) is 38.3 Å². The van der Waals surface area contributed by atoms with Gasteiger partial charge >= 0.3 is 5.97 Å². The van der Waals surface area contributed by atoms with Crippen molar-refractivity contribution < 1.29 is 24.5 Å². The van der Waals surface area contributed by atoms with Crippen molar-refractivity contribution in [3.05, 3.63) is 93.9 Å². The number of rotatable bonds is 11. The van der Waals surface area contributed by atoms with Gasteiger partial charge in [-0.05, 0) is 71.3 Å². The second kappa shape index (κ2) is 12.5. The highest BCUT2D eigenvalue weighted by atomic mass is 16.5. The number of aromatic amines is 1. The molecule has 0 radical (unpaired) electrons. The summed E-state index contributed by atoms with van der Waals surface area (Å²) in [5, 5.41) is 23.9. The van der Waals surface area contributed by atoms with Crippen LogP contribution in [0.4, 0.5) is 11.4 Å². The molecule has 10 nitrogen and oxygen atoms in total. The number of carboxylic acids is 1. The number of aliphatic carboxylic acids is 1. The Balaban J connectivity index is 1.71. The van der Waals surface area contributed by atoms with Gasteiger partial charge < -0.3 is 35.9 Å². The highest BCUT2D eigenvalue weighted by Crippen LogP contribution is 2.34. The van der Waals surface area contributed by atoms with Crippen LogP contribution in [0, 0.1) is 0 Å². The number of nitrogens with two attached hydrogens (primary N) is 1. The van der Waals surface area contributed by atoms with E-state index in [0.717, 1.165) is 10.9 Å². The molecule has 41 heavy (non-hydrogen) atoms. The number of phenols is 1. The number of likely N-dealkylation sites (N-methyl/N-ethyl adjacent to an activating group) is 1. The van der Waals surface area contributed by atoms with Gasteiger partial charge in [-0.15, -0.1) is 0 Å². The number of hydrogen-bond acceptors (Lipinski definition) is 7. The molecule has 0 aliphatic carbocycles. The molecule has 1 unspecified atom stereocenters. The molecule has 4 aromatic rings. The largest absolute Gasteiger partial charge is 0.508 e. The normalized spacial score (nSPS) is 12.5. The Morgan fingerprint density at radius 2 is 1.88 bits per heavy atom. The summed E-state index contributed by atoms with van der Waals surface area (Å²) < 4.78 is 5.66. The number of anilines is 2. The van der Waals surface area contributed by atoms with E-state index in [0.29, 0.717) is 40.1 Å². The molecular weight excluding hydrogens is 524 g/mol. The lowest BCUT2D eigenvalue weighted by Crippen LogP contribution is -2.35. The molecule has 1 amide bonds. The van der Waals surface area contributed by atoms with Crippen LogP contribution in [0.5, 0.6) is 11.5 Å². The van der Waals surface area contributed by atoms with Crippen molar-refractivity contribution in [2.75, 3.05) is 25.2 Å². The van der Waals surface area contributed by atoms with Crippen LogP contribution in [0.15, 0.2) is 71.7 Å². The number of ether oxygens (including phenoxy) is 1. The lowest BCUT2D eigenvalue weighted by molar-refractivity contribution is -0.137. The molecular formula is C31H34N4O6. The zero-order chi connectivity index (χ0) is 29.7. The molecule has 0 fully saturated rings. The Hall–Kier alpha value is -4.99. The van der Waals surface area contributed by atoms with E-state index in [4.69, 9.17) is 15.6 Å². The van der Waals surface area contributed by atoms with Gasteiger partial charge in [-0.2, -0.15) is 0 Å². The fraction of sp³-hybridized carbons (Fsp3) is 0.258. The number of amides is 1. The summed E-state index contributed by atoms with van der Waals surface area (Å²) in [6, 6.07) is 16.3. The fourth-order valence-electron chi connectivity index (χ4n) is 4.82. The van der Waals surface area contributed by atoms with E-state index in [1.54, 1.807) is 55.7 Å². The van der Waals surface area contributed by atoms with Crippen LogP contribution in [-0.4, -0.2) is 46.1 Å². The molecule has 4 rings (SSSR count). The Bertz CT molecular complexity index is 1630. The molecule has 2 atom stereocenters. The number of carbonyl (C=O) groups is 2. The number of phenolic OH excluding ortho intramolecular Hbond substituents is 1. The third-order valence-electron chi connectivity index (χ3n) is 7.13. The van der Waals surface area contributed by atoms with Crippen molar-refractivity contribution >= 4 is 34.0 Å². The number of carbonyl (C=O) groups excluding carboxylic acids is 1. The summed E-state index contributed by atoms with van der Waals surface area (Å²) >= 11 is 0. The number of fused-ring (bicyclic) bond motifs is 1. The second-order valence-electron chi connectivity index (χ2n) is 10.1. The number of H-pyrrole nitrogens is 1. The van der Waals surface area contributed by atoms with E-state index in [1.165, 1.54) is 18.1 Å². The van der Waals surface area contributed by atoms with E-state index in [9.17, 15) is 19.5 Å². The Morgan fingerprint density at radius 3 is 2.61 bits per heavy atom. The number of carboxylic acid groups (broad SMARTS) is 1. The molecule has 214 valence electrons. The molecule has 0 aliphatic heterocycles. The third-order valence-corrected chi connectivity index (χ3v) is 7.13. The predicted octanol–water partition coefficient (Wildman–Crippen LogP) is 4.60. The maximum atomic E-state index is 14.0. The van der Waals surface area contributed by atoms with Gasteiger partial charge in [-0.3, -0.25) is 14.4 Å². The molecule has 0 saturated heterocycles. The predicted molar refractivity (Wildman–Crippen MR) is 158 cm³/mol. The number of aromatic nitrogens is 1. The van der Waals surface area contributed by atoms with Gasteiger partial charge in [0.1, 0.15) is 17.5 Å². The number of benzene rings is 3. The summed E-state index contributed by atoms with van der Waals surface area (Å²) in [4.78, 5) is 41.6. The van der Waals surface area contributed by atoms with Crippen LogP contribution in [0.25, 0.3) is 10.8 Å². The minimum Gasteiger partial charge on any atom is -0.508 e. The van der Waals surface area contributed by atoms with E-state index in [2.05, 4.69) is 10.3 Å². The van der Waals surface area contributed by atoms with Gasteiger partial charge in [0.05, 0.1) is 7.11 Å². The van der Waals surface area contributed by atoms with Crippen LogP contribution in [-0.2, 0) is 16.1 Å². The molecule has 6 N–H and O–H groups in total. The standard InChI is InChI=1S/C31H34N4O6/c1-18(4-11-28(37)38)24-9-6-20(15-27(24)41-3)29(31(40)35(2)17-21-14-22(32)7-10-26(21)36)34-23-8-5-19-12-13-33-30(39)25(19)16-23/h5-10,12-16,18,29,34,36H,4,11,17,32H2,1-3H3,(H,33,39)(H,37,38)/t18-,29?/m0/s1. The van der Waals surface area contributed by atoms with Gasteiger partial charge in [0.15, 0.2) is 0 Å². The first kappa shape index (κ1) is 29.0. The summed E-state index contributed by atoms with van der Waals surface area (Å²) in [5.41, 5.74) is 8.61. The summed E-state index contributed by atoms with van der Waals surface area (Å²) in [5.74, 6) is -0.698. The summed E-state index contributed by atoms with van der Waals surface area (Å²) in [6.45, 7) is 2.03. The topological polar surface area (TPSA) is 158 Å². The smallest absolute Gasteiger partial charge is 0.303 e. The molecule has 0 spiro atoms. The van der Waals surface area contributed by atoms with Gasteiger partial charge in [0.25, 0.3) is 5.56 Å². The molecule has 0 saturated carbocycles. The number of hydrogen-bond donors (Lipinski definition) is 5. The second-order valence-corrected chi connectivity index (χ2v) is 10.1. The number of nitrogens with zero attached hydrogens (tertiary/aromatic N) is 1. The quantitative estimate of drug-likeness (QED) is 0.132. The molecule has 1 heterocycles. The van der Waals surface area contributed by atoms with Gasteiger partial charge in [-0.25, -0.2) is 0 Å². The lowest BCUT2D eigenvalue weighted by Gasteiger charge is -2.27. The van der Waals surface area contributed by atoms with E-state index in [1.807, 2.05) is 19.1 Å². The van der Waals surface area contributed by atoms with Crippen LogP contribution in [0.2, 0.25) is 0 Å². The average molecular weight is 559 g/mol. The fourth-order valence-corrected chi connectivity index (χ4v) is 4.82. The first-order valence-corrected chi connectivity index (χ1v) is 13.2. The average Bonchev–Trinajstić information content (AvgIpc) is 2.96. The minimum absolute atomic E-state index is 0.0253. The third kappa shape index (κ3) is 6.78. The van der Waals surface area contributed by atoms with Gasteiger partial charge in [0.2, 0.25) is 5.91 Å². The molecule has 1 aromatic heterocycles. The summed E-state index contributed by atoms with van der Waals surface area (Å²) in [7, 11) is 3.16. The molecule has 3 aromatic carbocycles. The van der Waals surface area contributed by atoms with Crippen molar-refractivity contribution in [3.8, 4) is 11.5 Å². The van der Waals surface area contributed by atoms with E-state index in [-0.39, 0.29) is 36.1 Å². The van der Waals surface area contributed by atoms with Crippen LogP contribution in [0.3, 0.4) is 0 Å². The SMILES string of the molecule is COc1cc(C(Nc2ccc3cc[nH]c(=O)c3c2)C(=O)N(C)Cc2cc(N)ccc2O)ccc1[C@@H](C)CCC(=O)O. The molecule has 0 aliphatic rings. The number of nitrogens with one attached hydrogen (secondary N) is 2. The van der Waals surface area contributed by atoms with Crippen molar-refractivity contribution in [3.63, 3.8) is 0 Å². The highest BCUT2D eigenvalue weighted by molar-refractivity contribution is 5.89. The monoisotopic (exact) mass is 558 g/mol. The molecule has 0 bridgehead atoms.